The van der Waals surface area contributed by atoms with Crippen LogP contribution in [0.3, 0.4) is 0 Å². The van der Waals surface area contributed by atoms with Crippen molar-refractivity contribution in [1.29, 1.82) is 0 Å². The summed E-state index contributed by atoms with van der Waals surface area (Å²) in [6.45, 7) is 16.0. The van der Waals surface area contributed by atoms with Crippen molar-refractivity contribution < 1.29 is 116 Å². The van der Waals surface area contributed by atoms with Crippen LogP contribution in [0.1, 0.15) is 166 Å². The lowest BCUT2D eigenvalue weighted by Crippen LogP contribution is -2.56. The van der Waals surface area contributed by atoms with Crippen LogP contribution in [-0.2, 0) is 49.3 Å². The Morgan fingerprint density at radius 3 is 0.638 bits per heavy atom. The molecule has 0 unspecified atom stereocenters. The van der Waals surface area contributed by atoms with E-state index in [1.807, 2.05) is 0 Å². The highest BCUT2D eigenvalue weighted by Crippen LogP contribution is 2.50. The third-order valence-corrected chi connectivity index (χ3v) is 18.4. The van der Waals surface area contributed by atoms with E-state index in [1.165, 1.54) is 146 Å². The molecule has 0 saturated carbocycles. The van der Waals surface area contributed by atoms with Crippen molar-refractivity contribution in [3.05, 3.63) is 289 Å². The van der Waals surface area contributed by atoms with Crippen molar-refractivity contribution in [1.82, 2.24) is 0 Å². The molecule has 2 atom stereocenters. The number of ether oxygens (including phenoxy) is 12. The number of hydrogen-bond donors (Lipinski definition) is 4. The summed E-state index contributed by atoms with van der Waals surface area (Å²) >= 11 is 0. The Bertz CT molecular complexity index is 3990. The molecular formula is C92H98O24. The molecule has 8 aromatic carbocycles. The molecule has 8 aromatic rings. The molecular weight excluding hydrogens is 1490 g/mol. The van der Waals surface area contributed by atoms with Crippen LogP contribution in [-0.4, -0.2) is 133 Å². The van der Waals surface area contributed by atoms with E-state index in [2.05, 4.69) is 26.3 Å². The van der Waals surface area contributed by atoms with Crippen molar-refractivity contribution in [3.63, 3.8) is 0 Å². The summed E-state index contributed by atoms with van der Waals surface area (Å²) in [7, 11) is 0. The number of benzene rings is 8. The Morgan fingerprint density at radius 2 is 0.448 bits per heavy atom. The second-order valence-corrected chi connectivity index (χ2v) is 26.6. The first kappa shape index (κ1) is 89.1. The highest BCUT2D eigenvalue weighted by Gasteiger charge is 2.56. The van der Waals surface area contributed by atoms with E-state index in [0.29, 0.717) is 101 Å². The minimum absolute atomic E-state index is 0.00714. The molecule has 4 N–H and O–H groups in total. The third kappa shape index (κ3) is 26.8. The largest absolute Gasteiger partial charge is 0.494 e. The van der Waals surface area contributed by atoms with E-state index < -0.39 is 116 Å². The van der Waals surface area contributed by atoms with E-state index in [-0.39, 0.29) is 48.7 Å². The normalized spacial score (nSPS) is 11.6. The van der Waals surface area contributed by atoms with Gasteiger partial charge in [-0.05, 0) is 224 Å². The molecule has 0 fully saturated rings. The molecule has 8 rings (SSSR count). The molecule has 610 valence electrons. The molecule has 24 heteroatoms. The van der Waals surface area contributed by atoms with Crippen LogP contribution in [0, 0.1) is 0 Å². The zero-order valence-corrected chi connectivity index (χ0v) is 64.7. The Labute approximate surface area is 674 Å². The molecule has 24 nitrogen and oxygen atoms in total. The highest BCUT2D eigenvalue weighted by atomic mass is 16.6. The number of esters is 8. The average Bonchev–Trinajstić information content (AvgIpc) is 0.724. The summed E-state index contributed by atoms with van der Waals surface area (Å²) in [6.07, 6.45) is 10.5. The molecule has 116 heavy (non-hydrogen) atoms. The van der Waals surface area contributed by atoms with Crippen molar-refractivity contribution in [2.45, 2.75) is 126 Å². The predicted molar refractivity (Wildman–Crippen MR) is 430 cm³/mol. The lowest BCUT2D eigenvalue weighted by Gasteiger charge is -2.44. The monoisotopic (exact) mass is 1590 g/mol. The van der Waals surface area contributed by atoms with Gasteiger partial charge in [0, 0.05) is 46.6 Å². The molecule has 0 aliphatic carbocycles. The van der Waals surface area contributed by atoms with Gasteiger partial charge in [-0.2, -0.15) is 0 Å². The molecule has 0 bridgehead atoms. The number of aliphatic hydroxyl groups is 4. The zero-order valence-electron chi connectivity index (χ0n) is 64.7. The minimum Gasteiger partial charge on any atom is -0.494 e. The highest BCUT2D eigenvalue weighted by molar-refractivity contribution is 5.94. The summed E-state index contributed by atoms with van der Waals surface area (Å²) in [5.74, 6) is -5.73. The van der Waals surface area contributed by atoms with Gasteiger partial charge >= 0.3 is 47.8 Å². The van der Waals surface area contributed by atoms with Gasteiger partial charge in [-0.3, -0.25) is 0 Å². The maximum atomic E-state index is 14.5. The number of carbonyl (C=O) groups excluding carboxylic acids is 8. The molecule has 0 amide bonds. The Morgan fingerprint density at radius 1 is 0.267 bits per heavy atom. The maximum absolute atomic E-state index is 14.5. The van der Waals surface area contributed by atoms with E-state index in [9.17, 15) is 58.8 Å². The van der Waals surface area contributed by atoms with Gasteiger partial charge in [-0.15, -0.1) is 0 Å². The van der Waals surface area contributed by atoms with Crippen LogP contribution in [0.25, 0.3) is 0 Å². The SMILES string of the molecule is C=CC(=O)OCCCCCCOc1ccc(C(=O)Oc2ccccc2C(O)(c2ccccc2OC(=O)c2ccc(OCCCCCCOC(=O)C=C)cc2)[C@H](O)[C@@H](O)C(O)(c2ccccc2OC(=O)c2ccc(OCCCCCCOC(=O)C=C)cc2)c2ccccc2OC(=O)c2ccc(OCCCCCCOC(=O)C=C)cc2)cc1. The van der Waals surface area contributed by atoms with Crippen LogP contribution < -0.4 is 37.9 Å². The average molecular weight is 1590 g/mol. The Balaban J connectivity index is 1.14. The van der Waals surface area contributed by atoms with E-state index in [0.717, 1.165) is 75.7 Å². The van der Waals surface area contributed by atoms with E-state index in [4.69, 9.17) is 56.8 Å². The Kier molecular flexibility index (Phi) is 36.3. The van der Waals surface area contributed by atoms with Gasteiger partial charge < -0.3 is 77.3 Å². The van der Waals surface area contributed by atoms with Crippen molar-refractivity contribution in [3.8, 4) is 46.0 Å². The third-order valence-electron chi connectivity index (χ3n) is 18.4. The molecule has 0 heterocycles. The van der Waals surface area contributed by atoms with Gasteiger partial charge in [0.1, 0.15) is 58.2 Å². The van der Waals surface area contributed by atoms with Crippen molar-refractivity contribution in [2.24, 2.45) is 0 Å². The summed E-state index contributed by atoms with van der Waals surface area (Å²) in [5.41, 5.74) is -8.08. The van der Waals surface area contributed by atoms with Gasteiger partial charge in [0.15, 0.2) is 11.2 Å². The summed E-state index contributed by atoms with van der Waals surface area (Å²) in [6, 6.07) is 46.1. The number of unbranched alkanes of at least 4 members (excludes halogenated alkanes) is 12. The topological polar surface area (TPSA) is 328 Å². The number of para-hydroxylation sites is 4. The number of hydrogen-bond acceptors (Lipinski definition) is 24. The summed E-state index contributed by atoms with van der Waals surface area (Å²) in [5, 5.41) is 56.0. The van der Waals surface area contributed by atoms with Crippen LogP contribution in [0.5, 0.6) is 46.0 Å². The number of carbonyl (C=O) groups is 8. The van der Waals surface area contributed by atoms with Gasteiger partial charge in [0.25, 0.3) is 0 Å². The molecule has 0 radical (unpaired) electrons. The van der Waals surface area contributed by atoms with Crippen LogP contribution >= 0.6 is 0 Å². The van der Waals surface area contributed by atoms with Crippen molar-refractivity contribution in [2.75, 3.05) is 52.9 Å². The zero-order chi connectivity index (χ0) is 82.9. The molecule has 0 saturated heterocycles. The van der Waals surface area contributed by atoms with Crippen molar-refractivity contribution >= 4 is 47.8 Å². The van der Waals surface area contributed by atoms with Crippen LogP contribution in [0.15, 0.2) is 245 Å². The first-order chi connectivity index (χ1) is 56.3. The fourth-order valence-corrected chi connectivity index (χ4v) is 12.2. The van der Waals surface area contributed by atoms with Gasteiger partial charge in [-0.1, -0.05) is 99.1 Å². The van der Waals surface area contributed by atoms with Gasteiger partial charge in [0.05, 0.1) is 75.1 Å². The minimum atomic E-state index is -3.18. The first-order valence-electron chi connectivity index (χ1n) is 38.5. The maximum Gasteiger partial charge on any atom is 0.343 e. The fourth-order valence-electron chi connectivity index (χ4n) is 12.2. The molecule has 0 aromatic heterocycles. The second kappa shape index (κ2) is 47.3. The first-order valence-corrected chi connectivity index (χ1v) is 38.5. The smallest absolute Gasteiger partial charge is 0.343 e. The Hall–Kier alpha value is -12.5. The van der Waals surface area contributed by atoms with Gasteiger partial charge in [0.2, 0.25) is 0 Å². The fraction of sp³-hybridized carbons (Fsp3) is 0.304. The number of rotatable bonds is 51. The molecule has 0 aliphatic heterocycles. The molecule has 0 aliphatic rings. The lowest BCUT2D eigenvalue weighted by molar-refractivity contribution is -0.168. The quantitative estimate of drug-likeness (QED) is 0.00904. The second-order valence-electron chi connectivity index (χ2n) is 26.6. The number of aliphatic hydroxyl groups excluding tert-OH is 2. The molecule has 0 spiro atoms. The van der Waals surface area contributed by atoms with E-state index in [1.54, 1.807) is 48.5 Å². The summed E-state index contributed by atoms with van der Waals surface area (Å²) < 4.78 is 68.7. The standard InChI is InChI=1S/C92H98O24/c1-5-81(93)109-61-29-13-9-25-57-105-69-49-41-65(42-50-69)87(99)113-77-37-21-17-33-73(77)91(103,74-34-18-22-38-78(74)114-88(100)66-43-51-70(52-44-66)106-58-26-10-14-30-62-110-82(94)6-2)85(97)86(98)92(104,75-35-19-23-39-79(75)115-89(101)67-45-53-71(54-46-67)107-59-27-11-15-31-63-111-83(95)7-3)76-36-20-24-40-80(76)116-90(102)68-47-55-72(56-48-68)108-60-28-12-16-32-64-112-84(96)8-4/h5-8,17-24,33-56,85-86,97-98,103-104H,1-4,9-16,25-32,57-64H2/t85-,86-/m1/s1. The van der Waals surface area contributed by atoms with Crippen LogP contribution in [0.4, 0.5) is 0 Å². The van der Waals surface area contributed by atoms with E-state index >= 15 is 0 Å². The predicted octanol–water partition coefficient (Wildman–Crippen LogP) is 15.1. The lowest BCUT2D eigenvalue weighted by atomic mass is 9.71. The van der Waals surface area contributed by atoms with Crippen LogP contribution in [0.2, 0.25) is 0 Å². The van der Waals surface area contributed by atoms with Gasteiger partial charge in [-0.25, -0.2) is 38.4 Å². The summed E-state index contributed by atoms with van der Waals surface area (Å²) in [4.78, 5) is 104.